The maximum Gasteiger partial charge on any atom is 0.269 e. The van der Waals surface area contributed by atoms with Crippen molar-refractivity contribution in [3.05, 3.63) is 95.0 Å². The Morgan fingerprint density at radius 2 is 1.50 bits per heavy atom. The molecule has 0 aliphatic rings. The van der Waals surface area contributed by atoms with Gasteiger partial charge < -0.3 is 0 Å². The third kappa shape index (κ3) is 3.93. The molecule has 1 heterocycles. The van der Waals surface area contributed by atoms with E-state index in [-0.39, 0.29) is 16.5 Å². The van der Waals surface area contributed by atoms with Gasteiger partial charge in [0.15, 0.2) is 5.03 Å². The highest BCUT2D eigenvalue weighted by molar-refractivity contribution is 9.10. The molecule has 0 atom stereocenters. The number of sulfonamides is 1. The quantitative estimate of drug-likeness (QED) is 0.427. The zero-order valence-corrected chi connectivity index (χ0v) is 18.8. The van der Waals surface area contributed by atoms with Gasteiger partial charge in [0.05, 0.1) is 10.4 Å². The van der Waals surface area contributed by atoms with Crippen molar-refractivity contribution in [3.63, 3.8) is 0 Å². The fraction of sp³-hybridized carbons (Fsp3) is 0.0476. The van der Waals surface area contributed by atoms with E-state index in [1.165, 1.54) is 18.2 Å². The smallest absolute Gasteiger partial charge is 0.221 e. The van der Waals surface area contributed by atoms with Crippen molar-refractivity contribution in [2.45, 2.75) is 16.5 Å². The Bertz CT molecular complexity index is 1430. The molecule has 0 aliphatic carbocycles. The van der Waals surface area contributed by atoms with E-state index >= 15 is 0 Å². The van der Waals surface area contributed by atoms with Gasteiger partial charge in [0.1, 0.15) is 0 Å². The maximum absolute atomic E-state index is 13.4. The van der Waals surface area contributed by atoms with Crippen molar-refractivity contribution < 1.29 is 16.8 Å². The average molecular weight is 505 g/mol. The van der Waals surface area contributed by atoms with E-state index in [4.69, 9.17) is 0 Å². The van der Waals surface area contributed by atoms with Gasteiger partial charge in [-0.3, -0.25) is 0 Å². The second-order valence-corrected chi connectivity index (χ2v) is 11.0. The molecule has 1 N–H and O–H groups in total. The molecule has 4 rings (SSSR count). The molecule has 6 nitrogen and oxygen atoms in total. The van der Waals surface area contributed by atoms with Crippen LogP contribution in [0.3, 0.4) is 0 Å². The number of para-hydroxylation sites is 1. The van der Waals surface area contributed by atoms with Gasteiger partial charge in [-0.25, -0.2) is 25.5 Å². The summed E-state index contributed by atoms with van der Waals surface area (Å²) in [6.07, 6.45) is 0. The lowest BCUT2D eigenvalue weighted by molar-refractivity contribution is 0.565. The number of hydrogen-bond acceptors (Lipinski definition) is 4. The Labute approximate surface area is 183 Å². The minimum Gasteiger partial charge on any atom is -0.221 e. The van der Waals surface area contributed by atoms with Gasteiger partial charge in [-0.2, -0.15) is 0 Å². The molecule has 1 aromatic heterocycles. The molecule has 0 saturated carbocycles. The first-order chi connectivity index (χ1) is 14.3. The number of fused-ring (bicyclic) bond motifs is 1. The Hall–Kier alpha value is -2.46. The second kappa shape index (κ2) is 7.99. The SMILES string of the molecule is O=S(=O)(NCc1cccc(Br)c1)c1cc2ccccc2n1S(=O)(=O)c1ccccc1. The molecule has 0 spiro atoms. The predicted molar refractivity (Wildman–Crippen MR) is 119 cm³/mol. The van der Waals surface area contributed by atoms with E-state index in [1.54, 1.807) is 60.7 Å². The van der Waals surface area contributed by atoms with E-state index in [2.05, 4.69) is 20.7 Å². The minimum absolute atomic E-state index is 0.00907. The largest absolute Gasteiger partial charge is 0.269 e. The van der Waals surface area contributed by atoms with Crippen LogP contribution in [0.2, 0.25) is 0 Å². The van der Waals surface area contributed by atoms with Crippen LogP contribution in [-0.2, 0) is 26.6 Å². The molecule has 30 heavy (non-hydrogen) atoms. The molecule has 0 unspecified atom stereocenters. The lowest BCUT2D eigenvalue weighted by Crippen LogP contribution is -2.27. The van der Waals surface area contributed by atoms with Crippen molar-refractivity contribution in [2.24, 2.45) is 0 Å². The van der Waals surface area contributed by atoms with Crippen molar-refractivity contribution in [1.29, 1.82) is 0 Å². The number of halogens is 1. The Kier molecular flexibility index (Phi) is 5.54. The molecule has 0 bridgehead atoms. The third-order valence-corrected chi connectivity index (χ3v) is 8.27. The molecule has 0 aliphatic heterocycles. The summed E-state index contributed by atoms with van der Waals surface area (Å²) in [5.41, 5.74) is 1.03. The van der Waals surface area contributed by atoms with Crippen LogP contribution >= 0.6 is 15.9 Å². The minimum atomic E-state index is -4.14. The first-order valence-electron chi connectivity index (χ1n) is 8.94. The molecule has 3 aromatic carbocycles. The van der Waals surface area contributed by atoms with E-state index in [0.29, 0.717) is 10.9 Å². The van der Waals surface area contributed by atoms with Crippen molar-refractivity contribution in [2.75, 3.05) is 0 Å². The van der Waals surface area contributed by atoms with Gasteiger partial charge >= 0.3 is 0 Å². The van der Waals surface area contributed by atoms with Gasteiger partial charge in [0.25, 0.3) is 20.0 Å². The lowest BCUT2D eigenvalue weighted by atomic mass is 10.2. The number of nitrogens with one attached hydrogen (secondary N) is 1. The summed E-state index contributed by atoms with van der Waals surface area (Å²) in [4.78, 5) is 0.00907. The van der Waals surface area contributed by atoms with Crippen molar-refractivity contribution in [3.8, 4) is 0 Å². The van der Waals surface area contributed by atoms with E-state index in [0.717, 1.165) is 14.0 Å². The number of nitrogens with zero attached hydrogens (tertiary/aromatic N) is 1. The Morgan fingerprint density at radius 1 is 0.800 bits per heavy atom. The maximum atomic E-state index is 13.4. The number of rotatable bonds is 6. The molecule has 0 amide bonds. The first-order valence-corrected chi connectivity index (χ1v) is 12.7. The summed E-state index contributed by atoms with van der Waals surface area (Å²) < 4.78 is 57.2. The highest BCUT2D eigenvalue weighted by atomic mass is 79.9. The summed E-state index contributed by atoms with van der Waals surface area (Å²) in [6.45, 7) is 0.0225. The van der Waals surface area contributed by atoms with Crippen LogP contribution in [0.15, 0.2) is 99.3 Å². The van der Waals surface area contributed by atoms with Gasteiger partial charge in [0, 0.05) is 16.4 Å². The van der Waals surface area contributed by atoms with Crippen LogP contribution in [0.5, 0.6) is 0 Å². The van der Waals surface area contributed by atoms with Crippen LogP contribution < -0.4 is 4.72 Å². The first kappa shape index (κ1) is 20.8. The molecule has 4 aromatic rings. The Morgan fingerprint density at radius 3 is 2.23 bits per heavy atom. The molecular weight excluding hydrogens is 488 g/mol. The normalized spacial score (nSPS) is 12.3. The summed E-state index contributed by atoms with van der Waals surface area (Å²) in [5, 5.41) is 0.183. The van der Waals surface area contributed by atoms with Crippen LogP contribution in [-0.4, -0.2) is 20.8 Å². The molecule has 154 valence electrons. The van der Waals surface area contributed by atoms with Gasteiger partial charge in [-0.05, 0) is 42.0 Å². The van der Waals surface area contributed by atoms with Crippen LogP contribution in [0, 0.1) is 0 Å². The molecule has 0 radical (unpaired) electrons. The number of benzene rings is 3. The van der Waals surface area contributed by atoms with Gasteiger partial charge in [-0.1, -0.05) is 64.5 Å². The molecule has 0 saturated heterocycles. The molecular formula is C21H17BrN2O4S2. The Balaban J connectivity index is 1.84. The van der Waals surface area contributed by atoms with Gasteiger partial charge in [-0.15, -0.1) is 0 Å². The third-order valence-electron chi connectivity index (χ3n) is 4.55. The van der Waals surface area contributed by atoms with Crippen molar-refractivity contribution in [1.82, 2.24) is 8.69 Å². The number of aromatic nitrogens is 1. The van der Waals surface area contributed by atoms with Crippen LogP contribution in [0.25, 0.3) is 10.9 Å². The summed E-state index contributed by atoms with van der Waals surface area (Å²) in [6, 6.07) is 23.0. The molecule has 0 fully saturated rings. The zero-order chi connectivity index (χ0) is 21.4. The van der Waals surface area contributed by atoms with Crippen LogP contribution in [0.1, 0.15) is 5.56 Å². The van der Waals surface area contributed by atoms with Crippen LogP contribution in [0.4, 0.5) is 0 Å². The van der Waals surface area contributed by atoms with E-state index in [1.807, 2.05) is 6.07 Å². The number of hydrogen-bond donors (Lipinski definition) is 1. The van der Waals surface area contributed by atoms with E-state index in [9.17, 15) is 16.8 Å². The second-order valence-electron chi connectivity index (χ2n) is 6.58. The average Bonchev–Trinajstić information content (AvgIpc) is 3.15. The molecule has 9 heteroatoms. The highest BCUT2D eigenvalue weighted by Gasteiger charge is 2.29. The summed E-state index contributed by atoms with van der Waals surface area (Å²) in [7, 11) is -8.27. The van der Waals surface area contributed by atoms with Crippen molar-refractivity contribution >= 4 is 46.9 Å². The van der Waals surface area contributed by atoms with Gasteiger partial charge in [0.2, 0.25) is 0 Å². The topological polar surface area (TPSA) is 85.2 Å². The summed E-state index contributed by atoms with van der Waals surface area (Å²) in [5.74, 6) is 0. The monoisotopic (exact) mass is 504 g/mol. The fourth-order valence-corrected chi connectivity index (χ4v) is 6.70. The summed E-state index contributed by atoms with van der Waals surface area (Å²) >= 11 is 3.35. The highest BCUT2D eigenvalue weighted by Crippen LogP contribution is 2.28. The fourth-order valence-electron chi connectivity index (χ4n) is 3.14. The lowest BCUT2D eigenvalue weighted by Gasteiger charge is -2.13. The van der Waals surface area contributed by atoms with E-state index < -0.39 is 20.0 Å². The predicted octanol–water partition coefficient (Wildman–Crippen LogP) is 4.12. The zero-order valence-electron chi connectivity index (χ0n) is 15.6. The standard InChI is InChI=1S/C21H17BrN2O4S2/c22-18-9-6-7-16(13-18)15-23-29(25,26)21-14-17-8-4-5-12-20(17)24(21)30(27,28)19-10-2-1-3-11-19/h1-14,23H,15H2.